The van der Waals surface area contributed by atoms with E-state index in [2.05, 4.69) is 15.0 Å². The number of nitrogens with zero attached hydrogens (tertiary/aromatic N) is 1. The number of H-pyrrole nitrogens is 2. The number of nitrogens with one attached hydrogen (secondary N) is 2. The zero-order valence-electron chi connectivity index (χ0n) is 21.6. The molecule has 0 fully saturated rings. The predicted octanol–water partition coefficient (Wildman–Crippen LogP) is 3.85. The smallest absolute Gasteiger partial charge is 0.336 e. The van der Waals surface area contributed by atoms with E-state index in [0.717, 1.165) is 11.3 Å². The molecule has 4 N–H and O–H groups in total. The number of fused-ring (bicyclic) bond motifs is 1. The fourth-order valence-electron chi connectivity index (χ4n) is 4.86. The Hall–Kier alpha value is -5.05. The predicted molar refractivity (Wildman–Crippen MR) is 144 cm³/mol. The first-order valence-corrected chi connectivity index (χ1v) is 12.4. The summed E-state index contributed by atoms with van der Waals surface area (Å²) in [5.74, 6) is -1.63. The Balaban J connectivity index is 1.61. The minimum Gasteiger partial charge on any atom is -0.505 e. The molecule has 0 amide bonds. The molecule has 0 saturated heterocycles. The van der Waals surface area contributed by atoms with Gasteiger partial charge in [0, 0.05) is 17.0 Å². The molecule has 0 spiro atoms. The second-order valence-electron chi connectivity index (χ2n) is 9.01. The number of para-hydroxylation sites is 1. The van der Waals surface area contributed by atoms with Crippen molar-refractivity contribution in [2.24, 2.45) is 4.99 Å². The summed E-state index contributed by atoms with van der Waals surface area (Å²) >= 11 is 0. The highest BCUT2D eigenvalue weighted by molar-refractivity contribution is 5.93. The molecule has 1 unspecified atom stereocenters. The van der Waals surface area contributed by atoms with Crippen LogP contribution < -0.4 is 15.6 Å². The molecule has 4 aromatic rings. The van der Waals surface area contributed by atoms with Crippen molar-refractivity contribution in [1.29, 1.82) is 0 Å². The molecule has 0 radical (unpaired) electrons. The number of aromatic amines is 2. The van der Waals surface area contributed by atoms with Crippen molar-refractivity contribution in [2.75, 3.05) is 13.7 Å². The van der Waals surface area contributed by atoms with Gasteiger partial charge in [-0.05, 0) is 55.8 Å². The molecule has 0 bridgehead atoms. The highest BCUT2D eigenvalue weighted by atomic mass is 16.5. The van der Waals surface area contributed by atoms with Gasteiger partial charge in [0.25, 0.3) is 0 Å². The average molecular weight is 526 g/mol. The lowest BCUT2D eigenvalue weighted by Gasteiger charge is -2.24. The van der Waals surface area contributed by atoms with Crippen molar-refractivity contribution in [1.82, 2.24) is 9.97 Å². The molecule has 9 nitrogen and oxygen atoms in total. The second-order valence-corrected chi connectivity index (χ2v) is 9.01. The normalized spacial score (nSPS) is 15.1. The number of carboxylic acid groups (broad SMARTS) is 1. The van der Waals surface area contributed by atoms with Gasteiger partial charge in [-0.15, -0.1) is 0 Å². The van der Waals surface area contributed by atoms with Gasteiger partial charge in [0.2, 0.25) is 0 Å². The van der Waals surface area contributed by atoms with Gasteiger partial charge >= 0.3 is 11.9 Å². The molecular weight excluding hydrogens is 498 g/mol. The minimum atomic E-state index is -0.985. The van der Waals surface area contributed by atoms with E-state index in [-0.39, 0.29) is 17.9 Å². The fourth-order valence-corrected chi connectivity index (χ4v) is 4.86. The summed E-state index contributed by atoms with van der Waals surface area (Å²) in [6, 6.07) is 17.6. The van der Waals surface area contributed by atoms with E-state index >= 15 is 0 Å². The molecule has 198 valence electrons. The van der Waals surface area contributed by atoms with Crippen LogP contribution in [0.15, 0.2) is 76.9 Å². The summed E-state index contributed by atoms with van der Waals surface area (Å²) < 4.78 is 11.0. The number of carbonyl (C=O) groups excluding carboxylic acids is 1. The van der Waals surface area contributed by atoms with E-state index in [4.69, 9.17) is 14.6 Å². The maximum absolute atomic E-state index is 13.1. The Kier molecular flexibility index (Phi) is 6.81. The molecule has 0 saturated carbocycles. The molecule has 3 heterocycles. The summed E-state index contributed by atoms with van der Waals surface area (Å²) in [6.45, 7) is 3.68. The third kappa shape index (κ3) is 4.70. The number of methoxy groups -OCH3 is 1. The van der Waals surface area contributed by atoms with Gasteiger partial charge in [-0.25, -0.2) is 14.6 Å². The van der Waals surface area contributed by atoms with Crippen LogP contribution in [0.2, 0.25) is 0 Å². The van der Waals surface area contributed by atoms with Gasteiger partial charge < -0.3 is 29.7 Å². The van der Waals surface area contributed by atoms with Crippen LogP contribution in [0.4, 0.5) is 0 Å². The number of hydrogen-bond acceptors (Lipinski definition) is 6. The lowest BCUT2D eigenvalue weighted by Crippen LogP contribution is -2.26. The van der Waals surface area contributed by atoms with Crippen LogP contribution in [0, 0.1) is 0 Å². The van der Waals surface area contributed by atoms with Crippen molar-refractivity contribution in [3.05, 3.63) is 105 Å². The topological polar surface area (TPSA) is 137 Å². The van der Waals surface area contributed by atoms with E-state index in [1.807, 2.05) is 30.3 Å². The Morgan fingerprint density at radius 2 is 1.79 bits per heavy atom. The average Bonchev–Trinajstić information content (AvgIpc) is 3.52. The molecule has 1 atom stereocenters. The molecule has 2 aromatic heterocycles. The van der Waals surface area contributed by atoms with Crippen LogP contribution in [0.5, 0.6) is 11.5 Å². The molecule has 0 aliphatic carbocycles. The summed E-state index contributed by atoms with van der Waals surface area (Å²) in [5, 5.41) is 21.0. The molecule has 39 heavy (non-hydrogen) atoms. The van der Waals surface area contributed by atoms with Gasteiger partial charge in [0.05, 0.1) is 47.4 Å². The number of benzene rings is 2. The number of aromatic hydroxyl groups is 1. The Labute approximate surface area is 223 Å². The monoisotopic (exact) mass is 525 g/mol. The van der Waals surface area contributed by atoms with Gasteiger partial charge in [-0.1, -0.05) is 30.3 Å². The van der Waals surface area contributed by atoms with Gasteiger partial charge in [0.1, 0.15) is 17.0 Å². The van der Waals surface area contributed by atoms with Crippen molar-refractivity contribution in [3.63, 3.8) is 0 Å². The Morgan fingerprint density at radius 3 is 2.49 bits per heavy atom. The number of allylic oxidation sites excluding steroid dienone is 1. The number of carboxylic acids is 1. The largest absolute Gasteiger partial charge is 0.505 e. The second kappa shape index (κ2) is 10.4. The van der Waals surface area contributed by atoms with Crippen LogP contribution in [-0.2, 0) is 9.53 Å². The third-order valence-corrected chi connectivity index (χ3v) is 6.66. The Morgan fingerprint density at radius 1 is 1.05 bits per heavy atom. The van der Waals surface area contributed by atoms with Crippen LogP contribution in [0.3, 0.4) is 0 Å². The van der Waals surface area contributed by atoms with E-state index in [1.165, 1.54) is 0 Å². The van der Waals surface area contributed by atoms with E-state index in [0.29, 0.717) is 44.7 Å². The van der Waals surface area contributed by atoms with Crippen molar-refractivity contribution >= 4 is 18.0 Å². The molecule has 2 aromatic carbocycles. The van der Waals surface area contributed by atoms with E-state index in [9.17, 15) is 14.7 Å². The van der Waals surface area contributed by atoms with Crippen molar-refractivity contribution in [3.8, 4) is 22.8 Å². The molecule has 9 heteroatoms. The number of hydrogen-bond donors (Lipinski definition) is 4. The zero-order chi connectivity index (χ0) is 27.7. The lowest BCUT2D eigenvalue weighted by molar-refractivity contribution is -0.138. The first-order chi connectivity index (χ1) is 18.8. The zero-order valence-corrected chi connectivity index (χ0v) is 21.6. The van der Waals surface area contributed by atoms with Crippen molar-refractivity contribution < 1.29 is 29.3 Å². The Bertz CT molecular complexity index is 1730. The number of carbonyl (C=O) groups is 2. The summed E-state index contributed by atoms with van der Waals surface area (Å²) in [5.41, 5.74) is 4.92. The van der Waals surface area contributed by atoms with Crippen molar-refractivity contribution in [2.45, 2.75) is 19.8 Å². The van der Waals surface area contributed by atoms with Crippen LogP contribution in [-0.4, -0.2) is 45.8 Å². The number of aromatic carboxylic acids is 1. The van der Waals surface area contributed by atoms with Gasteiger partial charge in [-0.2, -0.15) is 0 Å². The third-order valence-electron chi connectivity index (χ3n) is 6.66. The van der Waals surface area contributed by atoms with Crippen LogP contribution in [0.25, 0.3) is 17.3 Å². The number of esters is 1. The molecular formula is C30H27N3O6. The lowest BCUT2D eigenvalue weighted by atomic mass is 9.82. The number of aromatic nitrogens is 2. The minimum absolute atomic E-state index is 0.0408. The maximum Gasteiger partial charge on any atom is 0.336 e. The molecule has 1 aliphatic heterocycles. The van der Waals surface area contributed by atoms with E-state index in [1.54, 1.807) is 57.4 Å². The summed E-state index contributed by atoms with van der Waals surface area (Å²) in [4.78, 5) is 35.3. The standard InChI is InChI=1S/C30H27N3O6/c1-4-39-30(37)24-16(2)31-28-26(25(24)20-7-5-6-8-23(20)38-3)27(34)22(33-28)15-19-13-14-21(32-19)17-9-11-18(12-10-17)29(35)36/h5-15,25,32,34H,4H2,1-3H3,(H,31,33)(H,35,36). The maximum atomic E-state index is 13.1. The van der Waals surface area contributed by atoms with Gasteiger partial charge in [0.15, 0.2) is 0 Å². The molecule has 5 rings (SSSR count). The molecule has 1 aliphatic rings. The highest BCUT2D eigenvalue weighted by Gasteiger charge is 2.36. The van der Waals surface area contributed by atoms with Gasteiger partial charge in [-0.3, -0.25) is 0 Å². The number of ether oxygens (including phenoxy) is 2. The van der Waals surface area contributed by atoms with Crippen LogP contribution >= 0.6 is 0 Å². The highest BCUT2D eigenvalue weighted by Crippen LogP contribution is 2.41. The number of rotatable bonds is 7. The summed E-state index contributed by atoms with van der Waals surface area (Å²) in [7, 11) is 1.56. The first-order valence-electron chi connectivity index (χ1n) is 12.4. The quantitative estimate of drug-likeness (QED) is 0.271. The van der Waals surface area contributed by atoms with Crippen LogP contribution in [0.1, 0.15) is 46.9 Å². The first kappa shape index (κ1) is 25.6. The fraction of sp³-hybridized carbons (Fsp3) is 0.167. The SMILES string of the molecule is CCOC(=O)C1=C(C)N=c2[nH]c(=Cc3ccc(-c4ccc(C(=O)O)cc4)[nH]3)c(O)c2C1c1ccccc1OC. The summed E-state index contributed by atoms with van der Waals surface area (Å²) in [6.07, 6.45) is 1.75. The van der Waals surface area contributed by atoms with E-state index < -0.39 is 17.9 Å².